The summed E-state index contributed by atoms with van der Waals surface area (Å²) < 4.78 is 0. The third kappa shape index (κ3) is 5.81. The van der Waals surface area contributed by atoms with E-state index < -0.39 is 0 Å². The third-order valence-electron chi connectivity index (χ3n) is 4.26. The molecule has 1 aliphatic rings. The number of hydrogen-bond donors (Lipinski definition) is 2. The number of nitrogen functional groups attached to an aromatic ring is 1. The van der Waals surface area contributed by atoms with Crippen LogP contribution in [0.3, 0.4) is 0 Å². The number of hydrogen-bond acceptors (Lipinski definition) is 3. The normalized spacial score (nSPS) is 19.8. The molecule has 20 heavy (non-hydrogen) atoms. The van der Waals surface area contributed by atoms with Gasteiger partial charge in [-0.25, -0.2) is 4.98 Å². The number of nitrogens with zero attached hydrogens (tertiary/aromatic N) is 1. The van der Waals surface area contributed by atoms with Crippen LogP contribution in [0, 0.1) is 0 Å². The molecule has 0 atom stereocenters. The van der Waals surface area contributed by atoms with Crippen molar-refractivity contribution in [2.75, 3.05) is 11.1 Å². The molecule has 1 aromatic heterocycles. The summed E-state index contributed by atoms with van der Waals surface area (Å²) >= 11 is 0. The molecule has 3 nitrogen and oxygen atoms in total. The second kappa shape index (κ2) is 8.83. The molecule has 0 aromatic carbocycles. The largest absolute Gasteiger partial charge is 0.384 e. The molecule has 0 spiro atoms. The lowest BCUT2D eigenvalue weighted by atomic mass is 9.98. The van der Waals surface area contributed by atoms with Crippen molar-refractivity contribution in [3.8, 4) is 0 Å². The van der Waals surface area contributed by atoms with Gasteiger partial charge in [0.05, 0.1) is 11.9 Å². The highest BCUT2D eigenvalue weighted by Gasteiger charge is 2.09. The van der Waals surface area contributed by atoms with Crippen molar-refractivity contribution in [3.63, 3.8) is 0 Å². The van der Waals surface area contributed by atoms with E-state index in [1.807, 2.05) is 18.3 Å². The van der Waals surface area contributed by atoms with E-state index in [9.17, 15) is 0 Å². The zero-order valence-corrected chi connectivity index (χ0v) is 12.6. The second-order valence-corrected chi connectivity index (χ2v) is 6.07. The Labute approximate surface area is 123 Å². The average molecular weight is 275 g/mol. The first-order chi connectivity index (χ1) is 9.84. The van der Waals surface area contributed by atoms with Gasteiger partial charge in [-0.05, 0) is 25.0 Å². The summed E-state index contributed by atoms with van der Waals surface area (Å²) in [5.74, 6) is 0.592. The predicted octanol–water partition coefficient (Wildman–Crippen LogP) is 4.75. The quantitative estimate of drug-likeness (QED) is 0.819. The minimum absolute atomic E-state index is 0.592. The molecule has 0 radical (unpaired) electrons. The molecule has 0 amide bonds. The summed E-state index contributed by atoms with van der Waals surface area (Å²) in [6.07, 6.45) is 17.0. The van der Waals surface area contributed by atoms with Crippen molar-refractivity contribution in [1.29, 1.82) is 0 Å². The first kappa shape index (κ1) is 15.1. The van der Waals surface area contributed by atoms with Gasteiger partial charge in [-0.2, -0.15) is 0 Å². The van der Waals surface area contributed by atoms with E-state index in [1.54, 1.807) is 0 Å². The van der Waals surface area contributed by atoms with Crippen molar-refractivity contribution in [2.24, 2.45) is 0 Å². The van der Waals surface area contributed by atoms with Crippen LogP contribution >= 0.6 is 0 Å². The molecule has 112 valence electrons. The SMILES string of the molecule is Nc1ccc(NC2CCCCCCCCCCC2)cn1. The van der Waals surface area contributed by atoms with Crippen LogP contribution < -0.4 is 11.1 Å². The van der Waals surface area contributed by atoms with Gasteiger partial charge >= 0.3 is 0 Å². The number of pyridine rings is 1. The summed E-state index contributed by atoms with van der Waals surface area (Å²) in [6.45, 7) is 0. The Kier molecular flexibility index (Phi) is 6.69. The smallest absolute Gasteiger partial charge is 0.123 e. The molecule has 1 saturated carbocycles. The lowest BCUT2D eigenvalue weighted by Gasteiger charge is -2.20. The standard InChI is InChI=1S/C17H29N3/c18-17-13-12-16(14-19-17)20-15-10-8-6-4-2-1-3-5-7-9-11-15/h12-15,20H,1-11H2,(H2,18,19). The zero-order chi connectivity index (χ0) is 14.0. The molecular weight excluding hydrogens is 246 g/mol. The van der Waals surface area contributed by atoms with Crippen LogP contribution in [0.2, 0.25) is 0 Å². The van der Waals surface area contributed by atoms with Crippen LogP contribution in [0.1, 0.15) is 70.6 Å². The van der Waals surface area contributed by atoms with Gasteiger partial charge in [0.1, 0.15) is 5.82 Å². The van der Waals surface area contributed by atoms with E-state index in [0.717, 1.165) is 5.69 Å². The first-order valence-electron chi connectivity index (χ1n) is 8.33. The summed E-state index contributed by atoms with van der Waals surface area (Å²) in [5.41, 5.74) is 6.74. The fourth-order valence-corrected chi connectivity index (χ4v) is 3.03. The van der Waals surface area contributed by atoms with Gasteiger partial charge in [-0.3, -0.25) is 0 Å². The van der Waals surface area contributed by atoms with Gasteiger partial charge in [-0.1, -0.05) is 57.8 Å². The van der Waals surface area contributed by atoms with Crippen LogP contribution in [-0.2, 0) is 0 Å². The molecule has 0 unspecified atom stereocenters. The molecule has 1 aromatic rings. The zero-order valence-electron chi connectivity index (χ0n) is 12.6. The second-order valence-electron chi connectivity index (χ2n) is 6.07. The summed E-state index contributed by atoms with van der Waals surface area (Å²) in [6, 6.07) is 4.51. The maximum absolute atomic E-state index is 5.64. The molecule has 1 aliphatic carbocycles. The molecule has 3 heteroatoms. The monoisotopic (exact) mass is 275 g/mol. The van der Waals surface area contributed by atoms with E-state index in [-0.39, 0.29) is 0 Å². The van der Waals surface area contributed by atoms with Gasteiger partial charge in [0.2, 0.25) is 0 Å². The molecule has 1 heterocycles. The first-order valence-corrected chi connectivity index (χ1v) is 8.33. The maximum Gasteiger partial charge on any atom is 0.123 e. The molecule has 0 bridgehead atoms. The number of anilines is 2. The summed E-state index contributed by atoms with van der Waals surface area (Å²) in [4.78, 5) is 4.16. The molecule has 1 fully saturated rings. The Morgan fingerprint density at radius 1 is 0.850 bits per heavy atom. The number of nitrogens with one attached hydrogen (secondary N) is 1. The van der Waals surface area contributed by atoms with Gasteiger partial charge in [0, 0.05) is 6.04 Å². The Morgan fingerprint density at radius 3 is 1.90 bits per heavy atom. The van der Waals surface area contributed by atoms with Crippen LogP contribution in [-0.4, -0.2) is 11.0 Å². The number of rotatable bonds is 2. The van der Waals surface area contributed by atoms with E-state index in [1.165, 1.54) is 70.6 Å². The highest BCUT2D eigenvalue weighted by atomic mass is 14.9. The van der Waals surface area contributed by atoms with Gasteiger partial charge in [-0.15, -0.1) is 0 Å². The van der Waals surface area contributed by atoms with Gasteiger partial charge in [0.15, 0.2) is 0 Å². The highest BCUT2D eigenvalue weighted by molar-refractivity contribution is 5.45. The lowest BCUT2D eigenvalue weighted by molar-refractivity contribution is 0.480. The third-order valence-corrected chi connectivity index (χ3v) is 4.26. The molecule has 0 saturated heterocycles. The highest BCUT2D eigenvalue weighted by Crippen LogP contribution is 2.20. The van der Waals surface area contributed by atoms with E-state index in [0.29, 0.717) is 11.9 Å². The van der Waals surface area contributed by atoms with E-state index in [2.05, 4.69) is 10.3 Å². The molecule has 2 rings (SSSR count). The maximum atomic E-state index is 5.64. The Balaban J connectivity index is 1.83. The van der Waals surface area contributed by atoms with Crippen LogP contribution in [0.5, 0.6) is 0 Å². The van der Waals surface area contributed by atoms with Gasteiger partial charge < -0.3 is 11.1 Å². The minimum atomic E-state index is 0.592. The van der Waals surface area contributed by atoms with Crippen molar-refractivity contribution in [3.05, 3.63) is 18.3 Å². The lowest BCUT2D eigenvalue weighted by Crippen LogP contribution is -2.19. The topological polar surface area (TPSA) is 50.9 Å². The number of nitrogens with two attached hydrogens (primary N) is 1. The minimum Gasteiger partial charge on any atom is -0.384 e. The van der Waals surface area contributed by atoms with E-state index in [4.69, 9.17) is 5.73 Å². The number of aromatic nitrogens is 1. The Morgan fingerprint density at radius 2 is 1.40 bits per heavy atom. The van der Waals surface area contributed by atoms with Crippen molar-refractivity contribution < 1.29 is 0 Å². The van der Waals surface area contributed by atoms with Gasteiger partial charge in [0.25, 0.3) is 0 Å². The van der Waals surface area contributed by atoms with Crippen molar-refractivity contribution >= 4 is 11.5 Å². The molecule has 0 aliphatic heterocycles. The molecular formula is C17H29N3. The molecule has 3 N–H and O–H groups in total. The van der Waals surface area contributed by atoms with Crippen LogP contribution in [0.25, 0.3) is 0 Å². The Hall–Kier alpha value is -1.25. The van der Waals surface area contributed by atoms with Crippen molar-refractivity contribution in [2.45, 2.75) is 76.7 Å². The predicted molar refractivity (Wildman–Crippen MR) is 86.8 cm³/mol. The Bertz CT molecular complexity index is 349. The average Bonchev–Trinajstić information content (AvgIpc) is 2.44. The fourth-order valence-electron chi connectivity index (χ4n) is 3.03. The summed E-state index contributed by atoms with van der Waals surface area (Å²) in [7, 11) is 0. The van der Waals surface area contributed by atoms with Crippen molar-refractivity contribution in [1.82, 2.24) is 4.98 Å². The van der Waals surface area contributed by atoms with E-state index >= 15 is 0 Å². The summed E-state index contributed by atoms with van der Waals surface area (Å²) in [5, 5.41) is 3.64. The van der Waals surface area contributed by atoms with Crippen LogP contribution in [0.15, 0.2) is 18.3 Å². The fraction of sp³-hybridized carbons (Fsp3) is 0.706. The van der Waals surface area contributed by atoms with Crippen LogP contribution in [0.4, 0.5) is 11.5 Å².